The maximum atomic E-state index is 3.94. The summed E-state index contributed by atoms with van der Waals surface area (Å²) in [6, 6.07) is 4.15. The molecule has 9 heavy (non-hydrogen) atoms. The van der Waals surface area contributed by atoms with Gasteiger partial charge in [-0.3, -0.25) is 4.98 Å². The molecule has 0 saturated heterocycles. The molecule has 1 aromatic heterocycles. The van der Waals surface area contributed by atoms with Crippen LogP contribution < -0.4 is 0 Å². The minimum Gasteiger partial charge on any atom is -0.265 e. The van der Waals surface area contributed by atoms with E-state index in [0.717, 1.165) is 0 Å². The third-order valence-electron chi connectivity index (χ3n) is 1.18. The fraction of sp³-hybridized carbons (Fsp3) is 0.286. The molecule has 0 atom stereocenters. The van der Waals surface area contributed by atoms with E-state index >= 15 is 0 Å². The van der Waals surface area contributed by atoms with Crippen LogP contribution in [-0.2, 0) is 0 Å². The monoisotopic (exact) mass is 141 g/mol. The van der Waals surface area contributed by atoms with Crippen LogP contribution in [0, 0.1) is 0 Å². The Balaban J connectivity index is 2.85. The van der Waals surface area contributed by atoms with Crippen LogP contribution in [0.1, 0.15) is 0 Å². The van der Waals surface area contributed by atoms with Crippen molar-refractivity contribution in [1.82, 2.24) is 4.98 Å². The number of pyridine rings is 1. The fourth-order valence-electron chi connectivity index (χ4n) is 0.642. The SMILES string of the molecule is C[SH](C)c1ccncc1. The Morgan fingerprint density at radius 1 is 1.22 bits per heavy atom. The van der Waals surface area contributed by atoms with Crippen molar-refractivity contribution in [2.45, 2.75) is 4.90 Å². The molecule has 0 spiro atoms. The zero-order valence-corrected chi connectivity index (χ0v) is 6.60. The molecule has 0 aliphatic heterocycles. The van der Waals surface area contributed by atoms with Crippen molar-refractivity contribution in [3.63, 3.8) is 0 Å². The molecule has 0 aromatic carbocycles. The van der Waals surface area contributed by atoms with Gasteiger partial charge in [0.1, 0.15) is 0 Å². The highest BCUT2D eigenvalue weighted by molar-refractivity contribution is 8.15. The summed E-state index contributed by atoms with van der Waals surface area (Å²) in [5.41, 5.74) is 0. The molecular weight excluding hydrogens is 130 g/mol. The summed E-state index contributed by atoms with van der Waals surface area (Å²) in [4.78, 5) is 5.35. The van der Waals surface area contributed by atoms with E-state index < -0.39 is 0 Å². The summed E-state index contributed by atoms with van der Waals surface area (Å²) >= 11 is 0. The first-order valence-corrected chi connectivity index (χ1v) is 5.11. The van der Waals surface area contributed by atoms with Crippen molar-refractivity contribution in [3.8, 4) is 0 Å². The molecule has 0 fully saturated rings. The third kappa shape index (κ3) is 1.72. The summed E-state index contributed by atoms with van der Waals surface area (Å²) in [6.07, 6.45) is 8.17. The highest BCUT2D eigenvalue weighted by Gasteiger charge is 1.89. The average Bonchev–Trinajstić information content (AvgIpc) is 1.90. The maximum absolute atomic E-state index is 3.94. The van der Waals surface area contributed by atoms with Gasteiger partial charge in [0, 0.05) is 12.4 Å². The largest absolute Gasteiger partial charge is 0.265 e. The van der Waals surface area contributed by atoms with Crippen molar-refractivity contribution in [3.05, 3.63) is 24.5 Å². The first kappa shape index (κ1) is 6.62. The van der Waals surface area contributed by atoms with E-state index in [4.69, 9.17) is 0 Å². The molecule has 1 nitrogen and oxygen atoms in total. The molecule has 0 amide bonds. The normalized spacial score (nSPS) is 11.1. The fourth-order valence-corrected chi connectivity index (χ4v) is 1.37. The quantitative estimate of drug-likeness (QED) is 0.587. The Labute approximate surface area is 58.5 Å². The molecule has 0 N–H and O–H groups in total. The molecule has 1 rings (SSSR count). The molecule has 50 valence electrons. The molecule has 0 unspecified atom stereocenters. The first-order valence-electron chi connectivity index (χ1n) is 2.88. The van der Waals surface area contributed by atoms with Crippen LogP contribution >= 0.6 is 10.9 Å². The second-order valence-electron chi connectivity index (χ2n) is 2.10. The lowest BCUT2D eigenvalue weighted by atomic mass is 10.5. The third-order valence-corrected chi connectivity index (χ3v) is 2.51. The zero-order chi connectivity index (χ0) is 6.69. The van der Waals surface area contributed by atoms with Gasteiger partial charge < -0.3 is 0 Å². The summed E-state index contributed by atoms with van der Waals surface area (Å²) in [6.45, 7) is 0. The standard InChI is InChI=1S/C7H11NS/c1-9(2)7-3-5-8-6-4-7/h3-6,9H,1-2H3. The predicted octanol–water partition coefficient (Wildman–Crippen LogP) is 1.70. The smallest absolute Gasteiger partial charge is 0.0278 e. The van der Waals surface area contributed by atoms with E-state index in [2.05, 4.69) is 29.6 Å². The topological polar surface area (TPSA) is 12.9 Å². The molecule has 0 radical (unpaired) electrons. The van der Waals surface area contributed by atoms with Crippen molar-refractivity contribution in [2.75, 3.05) is 12.5 Å². The maximum Gasteiger partial charge on any atom is 0.0278 e. The molecule has 0 saturated carbocycles. The lowest BCUT2D eigenvalue weighted by molar-refractivity contribution is 1.26. The van der Waals surface area contributed by atoms with Gasteiger partial charge in [0.05, 0.1) is 0 Å². The number of rotatable bonds is 1. The molecule has 0 aliphatic rings. The van der Waals surface area contributed by atoms with Gasteiger partial charge in [-0.05, 0) is 29.5 Å². The second kappa shape index (κ2) is 2.87. The van der Waals surface area contributed by atoms with E-state index in [0.29, 0.717) is 0 Å². The van der Waals surface area contributed by atoms with Crippen LogP contribution in [-0.4, -0.2) is 17.5 Å². The van der Waals surface area contributed by atoms with Crippen LogP contribution in [0.3, 0.4) is 0 Å². The second-order valence-corrected chi connectivity index (χ2v) is 4.41. The Hall–Kier alpha value is -0.500. The van der Waals surface area contributed by atoms with Crippen molar-refractivity contribution >= 4 is 10.9 Å². The number of nitrogens with zero attached hydrogens (tertiary/aromatic N) is 1. The Kier molecular flexibility index (Phi) is 2.11. The lowest BCUT2D eigenvalue weighted by Gasteiger charge is -2.06. The van der Waals surface area contributed by atoms with Gasteiger partial charge >= 0.3 is 0 Å². The van der Waals surface area contributed by atoms with Crippen LogP contribution in [0.25, 0.3) is 0 Å². The Morgan fingerprint density at radius 2 is 1.78 bits per heavy atom. The van der Waals surface area contributed by atoms with Gasteiger partial charge in [0.25, 0.3) is 0 Å². The van der Waals surface area contributed by atoms with Gasteiger partial charge in [0.15, 0.2) is 0 Å². The molecular formula is C7H11NS. The van der Waals surface area contributed by atoms with Crippen molar-refractivity contribution in [1.29, 1.82) is 0 Å². The lowest BCUT2D eigenvalue weighted by Crippen LogP contribution is -1.76. The summed E-state index contributed by atoms with van der Waals surface area (Å²) in [5.74, 6) is 0. The Morgan fingerprint density at radius 3 is 2.11 bits per heavy atom. The van der Waals surface area contributed by atoms with E-state index in [1.54, 1.807) is 0 Å². The van der Waals surface area contributed by atoms with Crippen molar-refractivity contribution in [2.24, 2.45) is 0 Å². The molecule has 1 heterocycles. The number of thiol groups is 1. The van der Waals surface area contributed by atoms with E-state index in [9.17, 15) is 0 Å². The summed E-state index contributed by atoms with van der Waals surface area (Å²) < 4.78 is 0. The first-order chi connectivity index (χ1) is 4.30. The Bertz CT molecular complexity index is 172. The van der Waals surface area contributed by atoms with Crippen LogP contribution in [0.5, 0.6) is 0 Å². The minimum atomic E-state index is 0.0644. The number of aromatic nitrogens is 1. The molecule has 0 aliphatic carbocycles. The van der Waals surface area contributed by atoms with Gasteiger partial charge in [-0.15, -0.1) is 0 Å². The number of hydrogen-bond acceptors (Lipinski definition) is 1. The van der Waals surface area contributed by atoms with E-state index in [1.165, 1.54) is 4.90 Å². The van der Waals surface area contributed by atoms with Crippen LogP contribution in [0.15, 0.2) is 29.4 Å². The molecule has 2 heteroatoms. The molecule has 0 bridgehead atoms. The minimum absolute atomic E-state index is 0.0644. The van der Waals surface area contributed by atoms with Gasteiger partial charge in [0.2, 0.25) is 0 Å². The summed E-state index contributed by atoms with van der Waals surface area (Å²) in [5, 5.41) is 0. The highest BCUT2D eigenvalue weighted by atomic mass is 32.2. The zero-order valence-electron chi connectivity index (χ0n) is 5.70. The van der Waals surface area contributed by atoms with Gasteiger partial charge in [-0.1, -0.05) is 0 Å². The summed E-state index contributed by atoms with van der Waals surface area (Å²) in [7, 11) is 0.0644. The molecule has 1 aromatic rings. The predicted molar refractivity (Wildman–Crippen MR) is 43.3 cm³/mol. The number of hydrogen-bond donors (Lipinski definition) is 1. The average molecular weight is 141 g/mol. The van der Waals surface area contributed by atoms with Crippen molar-refractivity contribution < 1.29 is 0 Å². The highest BCUT2D eigenvalue weighted by Crippen LogP contribution is 2.26. The van der Waals surface area contributed by atoms with Crippen LogP contribution in [0.4, 0.5) is 0 Å². The van der Waals surface area contributed by atoms with E-state index in [1.807, 2.05) is 12.4 Å². The van der Waals surface area contributed by atoms with Gasteiger partial charge in [-0.25, -0.2) is 10.9 Å². The van der Waals surface area contributed by atoms with Crippen LogP contribution in [0.2, 0.25) is 0 Å². The van der Waals surface area contributed by atoms with Gasteiger partial charge in [-0.2, -0.15) is 0 Å². The van der Waals surface area contributed by atoms with E-state index in [-0.39, 0.29) is 10.9 Å².